The topological polar surface area (TPSA) is 100 Å². The van der Waals surface area contributed by atoms with E-state index >= 15 is 0 Å². The Balaban J connectivity index is 1.38. The summed E-state index contributed by atoms with van der Waals surface area (Å²) in [6, 6.07) is 15.8. The highest BCUT2D eigenvalue weighted by Crippen LogP contribution is 2.50. The van der Waals surface area contributed by atoms with Gasteiger partial charge in [-0.3, -0.25) is 4.79 Å². The Kier molecular flexibility index (Phi) is 6.37. The van der Waals surface area contributed by atoms with Gasteiger partial charge in [-0.2, -0.15) is 0 Å². The molecule has 0 unspecified atom stereocenters. The molecule has 0 spiro atoms. The Labute approximate surface area is 232 Å². The summed E-state index contributed by atoms with van der Waals surface area (Å²) in [5.74, 6) is 1.97. The summed E-state index contributed by atoms with van der Waals surface area (Å²) in [6.45, 7) is 8.18. The maximum atomic E-state index is 13.6. The number of hydrogen-bond donors (Lipinski definition) is 0. The molecule has 0 fully saturated rings. The van der Waals surface area contributed by atoms with E-state index in [2.05, 4.69) is 29.1 Å². The lowest BCUT2D eigenvalue weighted by molar-refractivity contribution is -0.118. The number of Topliss-reactive ketones (excluding diaryl/α,β-unsaturated/α-hetero) is 1. The van der Waals surface area contributed by atoms with Crippen molar-refractivity contribution in [2.24, 2.45) is 10.6 Å². The van der Waals surface area contributed by atoms with Crippen LogP contribution < -0.4 is 9.47 Å². The van der Waals surface area contributed by atoms with Crippen molar-refractivity contribution in [2.75, 3.05) is 7.11 Å². The first-order chi connectivity index (χ1) is 19.2. The van der Waals surface area contributed by atoms with E-state index in [1.54, 1.807) is 18.0 Å². The van der Waals surface area contributed by atoms with Crippen molar-refractivity contribution >= 4 is 17.1 Å². The molecule has 0 amide bonds. The lowest BCUT2D eigenvalue weighted by atomic mass is 9.70. The second kappa shape index (κ2) is 9.89. The van der Waals surface area contributed by atoms with Crippen LogP contribution in [0.25, 0.3) is 5.65 Å². The number of fused-ring (bicyclic) bond motifs is 3. The number of oxime groups is 1. The highest BCUT2D eigenvalue weighted by atomic mass is 16.6. The largest absolute Gasteiger partial charge is 0.497 e. The number of aryl methyl sites for hydroxylation is 1. The molecule has 1 atom stereocenters. The van der Waals surface area contributed by atoms with Crippen LogP contribution in [0, 0.1) is 12.3 Å². The fraction of sp³-hybridized carbons (Fsp3) is 0.323. The molecule has 0 bridgehead atoms. The lowest BCUT2D eigenvalue weighted by Crippen LogP contribution is -2.33. The number of carbonyl (C=O) groups is 1. The van der Waals surface area contributed by atoms with Gasteiger partial charge in [0.05, 0.1) is 18.4 Å². The van der Waals surface area contributed by atoms with Crippen molar-refractivity contribution in [2.45, 2.75) is 53.1 Å². The Morgan fingerprint density at radius 3 is 2.60 bits per heavy atom. The van der Waals surface area contributed by atoms with Crippen molar-refractivity contribution in [3.63, 3.8) is 0 Å². The van der Waals surface area contributed by atoms with Crippen LogP contribution >= 0.6 is 0 Å². The van der Waals surface area contributed by atoms with Crippen LogP contribution in [0.2, 0.25) is 0 Å². The SMILES string of the molecule is COc1ccc([C@H]2C3=C(CC(C)(C)CC3=O)Oc3ncn4nc(CO/N=C(\C)c5ccc(C)cc5)nc4c32)cc1. The lowest BCUT2D eigenvalue weighted by Gasteiger charge is -2.37. The van der Waals surface area contributed by atoms with Crippen LogP contribution in [0.1, 0.15) is 67.6 Å². The molecule has 0 saturated heterocycles. The maximum Gasteiger partial charge on any atom is 0.228 e. The Bertz CT molecular complexity index is 1670. The predicted molar refractivity (Wildman–Crippen MR) is 149 cm³/mol. The molecule has 9 heteroatoms. The van der Waals surface area contributed by atoms with Crippen LogP contribution in [0.15, 0.2) is 71.3 Å². The van der Waals surface area contributed by atoms with Gasteiger partial charge in [0.2, 0.25) is 5.88 Å². The van der Waals surface area contributed by atoms with Crippen molar-refractivity contribution in [1.82, 2.24) is 19.6 Å². The number of methoxy groups -OCH3 is 1. The highest BCUT2D eigenvalue weighted by molar-refractivity contribution is 6.00. The van der Waals surface area contributed by atoms with Gasteiger partial charge in [-0.05, 0) is 42.5 Å². The molecule has 1 aliphatic heterocycles. The Hall–Kier alpha value is -4.53. The molecule has 204 valence electrons. The average molecular weight is 538 g/mol. The number of hydrogen-bond acceptors (Lipinski definition) is 8. The molecule has 2 aromatic heterocycles. The van der Waals surface area contributed by atoms with E-state index in [4.69, 9.17) is 19.3 Å². The van der Waals surface area contributed by atoms with Crippen LogP contribution in [-0.4, -0.2) is 38.2 Å². The van der Waals surface area contributed by atoms with Gasteiger partial charge in [0, 0.05) is 24.3 Å². The minimum Gasteiger partial charge on any atom is -0.497 e. The molecule has 6 rings (SSSR count). The molecule has 2 aliphatic rings. The number of nitrogens with zero attached hydrogens (tertiary/aromatic N) is 5. The summed E-state index contributed by atoms with van der Waals surface area (Å²) in [5, 5.41) is 8.83. The third-order valence-electron chi connectivity index (χ3n) is 7.42. The molecule has 4 aromatic rings. The van der Waals surface area contributed by atoms with Crippen molar-refractivity contribution in [1.29, 1.82) is 0 Å². The van der Waals surface area contributed by atoms with Gasteiger partial charge in [0.25, 0.3) is 0 Å². The van der Waals surface area contributed by atoms with Gasteiger partial charge < -0.3 is 14.3 Å². The minimum absolute atomic E-state index is 0.0729. The van der Waals surface area contributed by atoms with Crippen LogP contribution in [0.5, 0.6) is 11.6 Å². The van der Waals surface area contributed by atoms with Crippen molar-refractivity contribution in [3.8, 4) is 11.6 Å². The second-order valence-electron chi connectivity index (χ2n) is 11.2. The number of aromatic nitrogens is 4. The van der Waals surface area contributed by atoms with Crippen LogP contribution in [-0.2, 0) is 16.2 Å². The Morgan fingerprint density at radius 1 is 1.12 bits per heavy atom. The molecule has 1 aliphatic carbocycles. The van der Waals surface area contributed by atoms with E-state index in [0.29, 0.717) is 47.1 Å². The third-order valence-corrected chi connectivity index (χ3v) is 7.42. The van der Waals surface area contributed by atoms with Gasteiger partial charge in [-0.15, -0.1) is 5.10 Å². The van der Waals surface area contributed by atoms with Gasteiger partial charge in [0.15, 0.2) is 23.9 Å². The quantitative estimate of drug-likeness (QED) is 0.235. The van der Waals surface area contributed by atoms with Gasteiger partial charge >= 0.3 is 0 Å². The molecular formula is C31H31N5O4. The van der Waals surface area contributed by atoms with Crippen LogP contribution in [0.3, 0.4) is 0 Å². The number of carbonyl (C=O) groups excluding carboxylic acids is 1. The van der Waals surface area contributed by atoms with E-state index in [1.807, 2.05) is 62.4 Å². The van der Waals surface area contributed by atoms with Crippen molar-refractivity contribution in [3.05, 3.63) is 94.3 Å². The molecular weight excluding hydrogens is 506 g/mol. The summed E-state index contributed by atoms with van der Waals surface area (Å²) in [6.07, 6.45) is 2.67. The van der Waals surface area contributed by atoms with Gasteiger partial charge in [0.1, 0.15) is 17.8 Å². The third kappa shape index (κ3) is 4.72. The first kappa shape index (κ1) is 25.7. The number of allylic oxidation sites excluding steroid dienone is 2. The normalized spacial score (nSPS) is 18.3. The highest BCUT2D eigenvalue weighted by Gasteiger charge is 2.44. The summed E-state index contributed by atoms with van der Waals surface area (Å²) < 4.78 is 13.3. The molecule has 2 aromatic carbocycles. The smallest absolute Gasteiger partial charge is 0.228 e. The van der Waals surface area contributed by atoms with E-state index in [-0.39, 0.29) is 17.8 Å². The first-order valence-corrected chi connectivity index (χ1v) is 13.3. The Morgan fingerprint density at radius 2 is 1.88 bits per heavy atom. The molecule has 0 N–H and O–H groups in total. The van der Waals surface area contributed by atoms with Crippen molar-refractivity contribution < 1.29 is 19.1 Å². The van der Waals surface area contributed by atoms with E-state index in [9.17, 15) is 4.79 Å². The number of ether oxygens (including phenoxy) is 2. The summed E-state index contributed by atoms with van der Waals surface area (Å²) in [4.78, 5) is 28.6. The standard InChI is InChI=1S/C31H31N5O4/c1-18-6-8-20(9-7-18)19(2)35-39-16-25-33-29-28-26(21-10-12-22(38-5)13-11-21)27-23(37)14-31(3,4)15-24(27)40-30(28)32-17-36(29)34-25/h6-13,17,26H,14-16H2,1-5H3/b35-19+/t26-/m0/s1. The van der Waals surface area contributed by atoms with E-state index in [0.717, 1.165) is 22.6 Å². The zero-order chi connectivity index (χ0) is 28.0. The summed E-state index contributed by atoms with van der Waals surface area (Å²) in [7, 11) is 1.63. The average Bonchev–Trinajstić information content (AvgIpc) is 3.35. The first-order valence-electron chi connectivity index (χ1n) is 13.3. The van der Waals surface area contributed by atoms with E-state index in [1.165, 1.54) is 5.56 Å². The second-order valence-corrected chi connectivity index (χ2v) is 11.2. The van der Waals surface area contributed by atoms with Gasteiger partial charge in [-0.1, -0.05) is 61.0 Å². The van der Waals surface area contributed by atoms with Crippen LogP contribution in [0.4, 0.5) is 0 Å². The number of rotatable bonds is 6. The zero-order valence-electron chi connectivity index (χ0n) is 23.3. The summed E-state index contributed by atoms with van der Waals surface area (Å²) in [5.41, 5.74) is 5.58. The molecule has 9 nitrogen and oxygen atoms in total. The van der Waals surface area contributed by atoms with Gasteiger partial charge in [-0.25, -0.2) is 14.5 Å². The number of benzene rings is 2. The zero-order valence-corrected chi connectivity index (χ0v) is 23.3. The number of ketones is 1. The minimum atomic E-state index is -0.399. The fourth-order valence-electron chi connectivity index (χ4n) is 5.41. The monoisotopic (exact) mass is 537 g/mol. The summed E-state index contributed by atoms with van der Waals surface area (Å²) >= 11 is 0. The predicted octanol–water partition coefficient (Wildman–Crippen LogP) is 5.55. The van der Waals surface area contributed by atoms with E-state index < -0.39 is 5.92 Å². The maximum absolute atomic E-state index is 13.6. The molecule has 3 heterocycles. The fourth-order valence-corrected chi connectivity index (χ4v) is 5.41. The molecule has 40 heavy (non-hydrogen) atoms. The molecule has 0 saturated carbocycles. The molecule has 0 radical (unpaired) electrons.